The van der Waals surface area contributed by atoms with E-state index in [1.807, 2.05) is 4.57 Å². The van der Waals surface area contributed by atoms with Crippen molar-refractivity contribution in [1.82, 2.24) is 14.5 Å². The number of anilines is 1. The molecule has 1 amide bonds. The molecule has 0 bridgehead atoms. The molecule has 9 nitrogen and oxygen atoms in total. The summed E-state index contributed by atoms with van der Waals surface area (Å²) < 4.78 is 18.3. The first-order valence-corrected chi connectivity index (χ1v) is 12.9. The molecule has 2 aromatic rings. The SMILES string of the molecule is O=C(CSc1nc(=O)n(CCCN2CCOCC2)c2c1CCC2)Nc1ccc2c(c1)OCCO2. The highest BCUT2D eigenvalue weighted by atomic mass is 32.2. The van der Waals surface area contributed by atoms with Crippen molar-refractivity contribution < 1.29 is 19.0 Å². The van der Waals surface area contributed by atoms with Crippen LogP contribution in [0.4, 0.5) is 5.69 Å². The van der Waals surface area contributed by atoms with Crippen LogP contribution in [0.1, 0.15) is 24.1 Å². The van der Waals surface area contributed by atoms with Crippen LogP contribution in [0.25, 0.3) is 0 Å². The fourth-order valence-electron chi connectivity index (χ4n) is 4.67. The quantitative estimate of drug-likeness (QED) is 0.447. The molecule has 34 heavy (non-hydrogen) atoms. The first kappa shape index (κ1) is 23.2. The Balaban J connectivity index is 1.19. The zero-order valence-electron chi connectivity index (χ0n) is 19.2. The molecule has 3 heterocycles. The minimum atomic E-state index is -0.211. The Morgan fingerprint density at radius 2 is 1.88 bits per heavy atom. The van der Waals surface area contributed by atoms with E-state index < -0.39 is 0 Å². The number of amides is 1. The van der Waals surface area contributed by atoms with Gasteiger partial charge in [-0.25, -0.2) is 4.79 Å². The number of hydrogen-bond donors (Lipinski definition) is 1. The Hall–Kier alpha value is -2.56. The van der Waals surface area contributed by atoms with Gasteiger partial charge in [0.25, 0.3) is 0 Å². The van der Waals surface area contributed by atoms with E-state index >= 15 is 0 Å². The summed E-state index contributed by atoms with van der Waals surface area (Å²) in [5.74, 6) is 1.36. The Kier molecular flexibility index (Phi) is 7.36. The van der Waals surface area contributed by atoms with Gasteiger partial charge in [-0.2, -0.15) is 4.98 Å². The van der Waals surface area contributed by atoms with Gasteiger partial charge < -0.3 is 19.5 Å². The molecule has 182 valence electrons. The summed E-state index contributed by atoms with van der Waals surface area (Å²) in [7, 11) is 0. The van der Waals surface area contributed by atoms with Crippen LogP contribution in [0.15, 0.2) is 28.0 Å². The fraction of sp³-hybridized carbons (Fsp3) is 0.542. The number of nitrogens with one attached hydrogen (secondary N) is 1. The lowest BCUT2D eigenvalue weighted by atomic mass is 10.2. The third-order valence-electron chi connectivity index (χ3n) is 6.33. The second-order valence-electron chi connectivity index (χ2n) is 8.63. The number of rotatable bonds is 8. The van der Waals surface area contributed by atoms with E-state index in [0.717, 1.165) is 69.8 Å². The standard InChI is InChI=1S/C24H30N4O5S/c29-22(25-17-5-6-20-21(15-17)33-14-13-32-20)16-34-23-18-3-1-4-19(18)28(24(30)26-23)8-2-7-27-9-11-31-12-10-27/h5-6,15H,1-4,7-14,16H2,(H,25,29). The van der Waals surface area contributed by atoms with Crippen molar-refractivity contribution in [3.63, 3.8) is 0 Å². The average Bonchev–Trinajstić information content (AvgIpc) is 3.35. The van der Waals surface area contributed by atoms with E-state index in [1.165, 1.54) is 11.8 Å². The van der Waals surface area contributed by atoms with Gasteiger partial charge in [-0.1, -0.05) is 11.8 Å². The number of nitrogens with zero attached hydrogens (tertiary/aromatic N) is 3. The number of carbonyl (C=O) groups excluding carboxylic acids is 1. The maximum atomic E-state index is 12.8. The minimum Gasteiger partial charge on any atom is -0.486 e. The van der Waals surface area contributed by atoms with Crippen LogP contribution in [0.5, 0.6) is 11.5 Å². The summed E-state index contributed by atoms with van der Waals surface area (Å²) in [5, 5.41) is 3.59. The van der Waals surface area contributed by atoms with Gasteiger partial charge in [0.1, 0.15) is 18.2 Å². The van der Waals surface area contributed by atoms with E-state index in [1.54, 1.807) is 18.2 Å². The topological polar surface area (TPSA) is 94.9 Å². The number of carbonyl (C=O) groups is 1. The van der Waals surface area contributed by atoms with Crippen LogP contribution >= 0.6 is 11.8 Å². The van der Waals surface area contributed by atoms with Crippen LogP contribution in [0, 0.1) is 0 Å². The van der Waals surface area contributed by atoms with Crippen molar-refractivity contribution in [1.29, 1.82) is 0 Å². The predicted octanol–water partition coefficient (Wildman–Crippen LogP) is 1.96. The number of fused-ring (bicyclic) bond motifs is 2. The summed E-state index contributed by atoms with van der Waals surface area (Å²) in [5.41, 5.74) is 2.67. The number of ether oxygens (including phenoxy) is 3. The average molecular weight is 487 g/mol. The zero-order chi connectivity index (χ0) is 23.3. The Morgan fingerprint density at radius 3 is 2.74 bits per heavy atom. The first-order valence-electron chi connectivity index (χ1n) is 11.9. The molecule has 1 aromatic carbocycles. The molecule has 1 aromatic heterocycles. The first-order chi connectivity index (χ1) is 16.7. The van der Waals surface area contributed by atoms with Crippen LogP contribution in [-0.4, -0.2) is 72.2 Å². The normalized spacial score (nSPS) is 17.4. The summed E-state index contributed by atoms with van der Waals surface area (Å²) in [6.45, 7) is 6.14. The fourth-order valence-corrected chi connectivity index (χ4v) is 5.54. The number of aromatic nitrogens is 2. The number of benzene rings is 1. The molecule has 0 spiro atoms. The highest BCUT2D eigenvalue weighted by Crippen LogP contribution is 2.33. The summed E-state index contributed by atoms with van der Waals surface area (Å²) in [6.07, 6.45) is 3.72. The Labute approximate surface area is 202 Å². The molecular formula is C24H30N4O5S. The summed E-state index contributed by atoms with van der Waals surface area (Å²) in [4.78, 5) is 32.2. The maximum Gasteiger partial charge on any atom is 0.348 e. The zero-order valence-corrected chi connectivity index (χ0v) is 20.0. The second kappa shape index (κ2) is 10.8. The number of hydrogen-bond acceptors (Lipinski definition) is 8. The van der Waals surface area contributed by atoms with Crippen LogP contribution in [0.3, 0.4) is 0 Å². The summed E-state index contributed by atoms with van der Waals surface area (Å²) in [6, 6.07) is 5.36. The smallest absolute Gasteiger partial charge is 0.348 e. The molecule has 0 radical (unpaired) electrons. The van der Waals surface area contributed by atoms with Gasteiger partial charge in [-0.15, -0.1) is 0 Å². The van der Waals surface area contributed by atoms with Crippen LogP contribution < -0.4 is 20.5 Å². The van der Waals surface area contributed by atoms with Gasteiger partial charge in [0.05, 0.1) is 19.0 Å². The molecule has 1 saturated heterocycles. The minimum absolute atomic E-state index is 0.148. The van der Waals surface area contributed by atoms with Gasteiger partial charge in [-0.3, -0.25) is 14.3 Å². The van der Waals surface area contributed by atoms with Gasteiger partial charge >= 0.3 is 5.69 Å². The number of morpholine rings is 1. The van der Waals surface area contributed by atoms with E-state index in [-0.39, 0.29) is 17.3 Å². The van der Waals surface area contributed by atoms with E-state index in [9.17, 15) is 9.59 Å². The highest BCUT2D eigenvalue weighted by Gasteiger charge is 2.23. The molecule has 0 saturated carbocycles. The molecule has 0 unspecified atom stereocenters. The highest BCUT2D eigenvalue weighted by molar-refractivity contribution is 8.00. The Bertz CT molecular complexity index is 1100. The van der Waals surface area contributed by atoms with Gasteiger partial charge in [0.2, 0.25) is 5.91 Å². The molecule has 2 aliphatic heterocycles. The summed E-state index contributed by atoms with van der Waals surface area (Å²) >= 11 is 1.34. The molecule has 10 heteroatoms. The van der Waals surface area contributed by atoms with E-state index in [2.05, 4.69) is 15.2 Å². The lowest BCUT2D eigenvalue weighted by Crippen LogP contribution is -2.37. The van der Waals surface area contributed by atoms with Crippen molar-refractivity contribution in [3.05, 3.63) is 39.9 Å². The van der Waals surface area contributed by atoms with Gasteiger partial charge in [-0.05, 0) is 37.8 Å². The molecule has 5 rings (SSSR count). The van der Waals surface area contributed by atoms with Crippen molar-refractivity contribution >= 4 is 23.4 Å². The lowest BCUT2D eigenvalue weighted by Gasteiger charge is -2.26. The van der Waals surface area contributed by atoms with Crippen molar-refractivity contribution in [3.8, 4) is 11.5 Å². The molecule has 0 atom stereocenters. The molecule has 1 aliphatic carbocycles. The van der Waals surface area contributed by atoms with E-state index in [0.29, 0.717) is 42.0 Å². The molecule has 1 N–H and O–H groups in total. The van der Waals surface area contributed by atoms with Crippen molar-refractivity contribution in [2.75, 3.05) is 57.1 Å². The maximum absolute atomic E-state index is 12.8. The lowest BCUT2D eigenvalue weighted by molar-refractivity contribution is -0.113. The largest absolute Gasteiger partial charge is 0.486 e. The molecule has 3 aliphatic rings. The van der Waals surface area contributed by atoms with Gasteiger partial charge in [0, 0.05) is 49.2 Å². The second-order valence-corrected chi connectivity index (χ2v) is 9.60. The third-order valence-corrected chi connectivity index (χ3v) is 7.34. The third kappa shape index (κ3) is 5.39. The monoisotopic (exact) mass is 486 g/mol. The van der Waals surface area contributed by atoms with Crippen LogP contribution in [-0.2, 0) is 28.9 Å². The van der Waals surface area contributed by atoms with Crippen LogP contribution in [0.2, 0.25) is 0 Å². The molecule has 1 fully saturated rings. The van der Waals surface area contributed by atoms with Gasteiger partial charge in [0.15, 0.2) is 11.5 Å². The Morgan fingerprint density at radius 1 is 1.06 bits per heavy atom. The van der Waals surface area contributed by atoms with Crippen molar-refractivity contribution in [2.45, 2.75) is 37.3 Å². The van der Waals surface area contributed by atoms with Crippen molar-refractivity contribution in [2.24, 2.45) is 0 Å². The molecular weight excluding hydrogens is 456 g/mol. The van der Waals surface area contributed by atoms with E-state index in [4.69, 9.17) is 14.2 Å². The number of thioether (sulfide) groups is 1. The predicted molar refractivity (Wildman–Crippen MR) is 129 cm³/mol.